The SMILES string of the molecule is N#Cc1ccnc(N(Cc2ccccc2)CC(O)CC(F)(F)F)c1. The zero-order valence-electron chi connectivity index (χ0n) is 12.7. The number of nitrogens with zero attached hydrogens (tertiary/aromatic N) is 3. The highest BCUT2D eigenvalue weighted by atomic mass is 19.4. The highest BCUT2D eigenvalue weighted by Crippen LogP contribution is 2.23. The van der Waals surface area contributed by atoms with Crippen LogP contribution in [0.25, 0.3) is 0 Å². The molecule has 24 heavy (non-hydrogen) atoms. The van der Waals surface area contributed by atoms with Gasteiger partial charge in [-0.2, -0.15) is 18.4 Å². The van der Waals surface area contributed by atoms with E-state index in [1.54, 1.807) is 0 Å². The van der Waals surface area contributed by atoms with Crippen LogP contribution in [-0.4, -0.2) is 28.9 Å². The molecule has 0 amide bonds. The first kappa shape index (κ1) is 17.8. The molecule has 1 aromatic carbocycles. The molecule has 126 valence electrons. The number of rotatable bonds is 6. The molecular formula is C17H16F3N3O. The van der Waals surface area contributed by atoms with Crippen molar-refractivity contribution in [3.8, 4) is 6.07 Å². The van der Waals surface area contributed by atoms with Crippen LogP contribution in [0.4, 0.5) is 19.0 Å². The minimum Gasteiger partial charge on any atom is -0.391 e. The number of aromatic nitrogens is 1. The van der Waals surface area contributed by atoms with Crippen molar-refractivity contribution in [1.29, 1.82) is 5.26 Å². The Bertz CT molecular complexity index is 698. The predicted octanol–water partition coefficient (Wildman–Crippen LogP) is 3.27. The number of pyridine rings is 1. The molecule has 1 atom stereocenters. The smallest absolute Gasteiger partial charge is 0.391 e. The topological polar surface area (TPSA) is 60.2 Å². The summed E-state index contributed by atoms with van der Waals surface area (Å²) in [5.41, 5.74) is 1.21. The molecule has 1 unspecified atom stereocenters. The quantitative estimate of drug-likeness (QED) is 0.880. The minimum atomic E-state index is -4.44. The lowest BCUT2D eigenvalue weighted by Crippen LogP contribution is -2.35. The second-order valence-corrected chi connectivity index (χ2v) is 5.35. The van der Waals surface area contributed by atoms with Gasteiger partial charge in [-0.1, -0.05) is 30.3 Å². The second-order valence-electron chi connectivity index (χ2n) is 5.35. The summed E-state index contributed by atoms with van der Waals surface area (Å²) in [6, 6.07) is 14.1. The maximum absolute atomic E-state index is 12.5. The van der Waals surface area contributed by atoms with Crippen LogP contribution in [0, 0.1) is 11.3 Å². The molecule has 0 radical (unpaired) electrons. The van der Waals surface area contributed by atoms with E-state index in [2.05, 4.69) is 4.98 Å². The fraction of sp³-hybridized carbons (Fsp3) is 0.294. The predicted molar refractivity (Wildman–Crippen MR) is 83.1 cm³/mol. The molecule has 0 aliphatic rings. The first-order valence-corrected chi connectivity index (χ1v) is 7.27. The first-order valence-electron chi connectivity index (χ1n) is 7.27. The van der Waals surface area contributed by atoms with Gasteiger partial charge in [0.05, 0.1) is 24.2 Å². The Labute approximate surface area is 137 Å². The maximum atomic E-state index is 12.5. The number of alkyl halides is 3. The summed E-state index contributed by atoms with van der Waals surface area (Å²) in [7, 11) is 0. The van der Waals surface area contributed by atoms with Gasteiger partial charge in [-0.3, -0.25) is 0 Å². The fourth-order valence-electron chi connectivity index (χ4n) is 2.29. The highest BCUT2D eigenvalue weighted by molar-refractivity contribution is 5.45. The van der Waals surface area contributed by atoms with Crippen molar-refractivity contribution in [3.05, 3.63) is 59.8 Å². The van der Waals surface area contributed by atoms with Crippen molar-refractivity contribution in [2.75, 3.05) is 11.4 Å². The zero-order chi connectivity index (χ0) is 17.6. The van der Waals surface area contributed by atoms with Gasteiger partial charge in [0.15, 0.2) is 0 Å². The lowest BCUT2D eigenvalue weighted by atomic mass is 10.1. The van der Waals surface area contributed by atoms with Crippen molar-refractivity contribution in [2.24, 2.45) is 0 Å². The summed E-state index contributed by atoms with van der Waals surface area (Å²) >= 11 is 0. The van der Waals surface area contributed by atoms with E-state index in [1.807, 2.05) is 36.4 Å². The Balaban J connectivity index is 2.22. The Kier molecular flexibility index (Phi) is 5.77. The van der Waals surface area contributed by atoms with E-state index in [1.165, 1.54) is 23.2 Å². The maximum Gasteiger partial charge on any atom is 0.391 e. The summed E-state index contributed by atoms with van der Waals surface area (Å²) in [5.74, 6) is 0.346. The third-order valence-corrected chi connectivity index (χ3v) is 3.31. The fourth-order valence-corrected chi connectivity index (χ4v) is 2.29. The molecule has 0 aliphatic heterocycles. The molecule has 1 N–H and O–H groups in total. The molecule has 1 aromatic heterocycles. The standard InChI is InChI=1S/C17H16F3N3O/c18-17(19,20)9-15(24)12-23(11-13-4-2-1-3-5-13)16-8-14(10-21)6-7-22-16/h1-8,15,24H,9,11-12H2. The Morgan fingerprint density at radius 1 is 1.21 bits per heavy atom. The number of nitriles is 1. The van der Waals surface area contributed by atoms with E-state index >= 15 is 0 Å². The van der Waals surface area contributed by atoms with Crippen molar-refractivity contribution >= 4 is 5.82 Å². The number of anilines is 1. The number of benzene rings is 1. The summed E-state index contributed by atoms with van der Waals surface area (Å²) in [6.45, 7) is 0.0356. The van der Waals surface area contributed by atoms with Crippen LogP contribution in [0.15, 0.2) is 48.7 Å². The van der Waals surface area contributed by atoms with E-state index < -0.39 is 18.7 Å². The zero-order valence-corrected chi connectivity index (χ0v) is 12.7. The minimum absolute atomic E-state index is 0.240. The Morgan fingerprint density at radius 3 is 2.54 bits per heavy atom. The molecule has 0 saturated carbocycles. The van der Waals surface area contributed by atoms with Crippen LogP contribution < -0.4 is 4.90 Å². The van der Waals surface area contributed by atoms with Gasteiger partial charge >= 0.3 is 6.18 Å². The van der Waals surface area contributed by atoms with E-state index in [-0.39, 0.29) is 13.1 Å². The van der Waals surface area contributed by atoms with E-state index in [0.29, 0.717) is 11.4 Å². The summed E-state index contributed by atoms with van der Waals surface area (Å²) < 4.78 is 37.4. The normalized spacial score (nSPS) is 12.5. The highest BCUT2D eigenvalue weighted by Gasteiger charge is 2.32. The van der Waals surface area contributed by atoms with Crippen LogP contribution in [0.1, 0.15) is 17.5 Å². The number of aliphatic hydroxyl groups excluding tert-OH is 1. The van der Waals surface area contributed by atoms with Gasteiger partial charge < -0.3 is 10.0 Å². The van der Waals surface area contributed by atoms with Crippen LogP contribution in [0.5, 0.6) is 0 Å². The monoisotopic (exact) mass is 335 g/mol. The van der Waals surface area contributed by atoms with Gasteiger partial charge in [0, 0.05) is 19.3 Å². The van der Waals surface area contributed by atoms with Gasteiger partial charge in [-0.05, 0) is 17.7 Å². The van der Waals surface area contributed by atoms with Crippen molar-refractivity contribution in [3.63, 3.8) is 0 Å². The number of hydrogen-bond acceptors (Lipinski definition) is 4. The summed E-state index contributed by atoms with van der Waals surface area (Å²) in [4.78, 5) is 5.65. The largest absolute Gasteiger partial charge is 0.391 e. The average Bonchev–Trinajstić information content (AvgIpc) is 2.53. The van der Waals surface area contributed by atoms with E-state index in [0.717, 1.165) is 5.56 Å². The molecule has 7 heteroatoms. The number of hydrogen-bond donors (Lipinski definition) is 1. The Morgan fingerprint density at radius 2 is 1.92 bits per heavy atom. The van der Waals surface area contributed by atoms with Gasteiger partial charge in [0.2, 0.25) is 0 Å². The van der Waals surface area contributed by atoms with Gasteiger partial charge in [-0.15, -0.1) is 0 Å². The molecule has 0 fully saturated rings. The average molecular weight is 335 g/mol. The second kappa shape index (κ2) is 7.79. The molecule has 0 bridgehead atoms. The van der Waals surface area contributed by atoms with Crippen LogP contribution >= 0.6 is 0 Å². The van der Waals surface area contributed by atoms with E-state index in [9.17, 15) is 18.3 Å². The lowest BCUT2D eigenvalue weighted by molar-refractivity contribution is -0.152. The van der Waals surface area contributed by atoms with Crippen LogP contribution in [-0.2, 0) is 6.54 Å². The molecule has 2 rings (SSSR count). The van der Waals surface area contributed by atoms with Crippen LogP contribution in [0.3, 0.4) is 0 Å². The molecule has 1 heterocycles. The summed E-state index contributed by atoms with van der Waals surface area (Å²) in [6.07, 6.45) is -5.90. The molecular weight excluding hydrogens is 319 g/mol. The molecule has 0 saturated heterocycles. The Hall–Kier alpha value is -2.59. The number of halogens is 3. The molecule has 0 aliphatic carbocycles. The molecule has 4 nitrogen and oxygen atoms in total. The summed E-state index contributed by atoms with van der Waals surface area (Å²) in [5, 5.41) is 18.7. The van der Waals surface area contributed by atoms with Crippen molar-refractivity contribution in [1.82, 2.24) is 4.98 Å². The van der Waals surface area contributed by atoms with Gasteiger partial charge in [0.1, 0.15) is 5.82 Å². The number of aliphatic hydroxyl groups is 1. The van der Waals surface area contributed by atoms with Crippen molar-refractivity contribution in [2.45, 2.75) is 25.2 Å². The van der Waals surface area contributed by atoms with Crippen molar-refractivity contribution < 1.29 is 18.3 Å². The molecule has 2 aromatic rings. The first-order chi connectivity index (χ1) is 11.4. The van der Waals surface area contributed by atoms with Gasteiger partial charge in [0.25, 0.3) is 0 Å². The van der Waals surface area contributed by atoms with Gasteiger partial charge in [-0.25, -0.2) is 4.98 Å². The van der Waals surface area contributed by atoms with Crippen LogP contribution in [0.2, 0.25) is 0 Å². The van der Waals surface area contributed by atoms with E-state index in [4.69, 9.17) is 5.26 Å². The molecule has 0 spiro atoms. The lowest BCUT2D eigenvalue weighted by Gasteiger charge is -2.27. The third kappa shape index (κ3) is 5.56. The third-order valence-electron chi connectivity index (χ3n) is 3.31.